The van der Waals surface area contributed by atoms with Crippen LogP contribution in [0.5, 0.6) is 0 Å². The van der Waals surface area contributed by atoms with Gasteiger partial charge in [0.1, 0.15) is 4.21 Å². The number of halogens is 2. The maximum Gasteiger partial charge on any atom is 0.273 e. The summed E-state index contributed by atoms with van der Waals surface area (Å²) in [5.74, 6) is -0.912. The largest absolute Gasteiger partial charge is 0.273 e. The van der Waals surface area contributed by atoms with Crippen molar-refractivity contribution in [1.29, 1.82) is 0 Å². The molecule has 0 bridgehead atoms. The first kappa shape index (κ1) is 22.5. The summed E-state index contributed by atoms with van der Waals surface area (Å²) in [5, 5.41) is 1.87. The van der Waals surface area contributed by atoms with Crippen molar-refractivity contribution < 1.29 is 21.6 Å². The van der Waals surface area contributed by atoms with Crippen LogP contribution in [-0.2, 0) is 24.7 Å². The average molecular weight is 502 g/mol. The van der Waals surface area contributed by atoms with E-state index in [-0.39, 0.29) is 29.6 Å². The van der Waals surface area contributed by atoms with Gasteiger partial charge in [0.15, 0.2) is 0 Å². The fourth-order valence-electron chi connectivity index (χ4n) is 2.43. The van der Waals surface area contributed by atoms with Crippen molar-refractivity contribution >= 4 is 66.4 Å². The second-order valence-corrected chi connectivity index (χ2v) is 11.4. The van der Waals surface area contributed by atoms with Crippen LogP contribution in [0.15, 0.2) is 80.1 Å². The molecule has 0 aliphatic carbocycles. The number of rotatable bonds is 6. The number of nitrogens with one attached hydrogen (secondary N) is 1. The average Bonchev–Trinajstić information content (AvgIpc) is 3.24. The summed E-state index contributed by atoms with van der Waals surface area (Å²) in [5.41, 5.74) is 0.201. The van der Waals surface area contributed by atoms with Crippen LogP contribution in [0.3, 0.4) is 0 Å². The first-order valence-electron chi connectivity index (χ1n) is 8.19. The number of hydrogen-bond donors (Lipinski definition) is 1. The molecule has 156 valence electrons. The van der Waals surface area contributed by atoms with Crippen LogP contribution < -0.4 is 4.72 Å². The van der Waals surface area contributed by atoms with Crippen molar-refractivity contribution in [3.05, 3.63) is 81.7 Å². The van der Waals surface area contributed by atoms with Crippen molar-refractivity contribution in [2.75, 3.05) is 0 Å². The van der Waals surface area contributed by atoms with Crippen LogP contribution >= 0.6 is 34.5 Å². The van der Waals surface area contributed by atoms with Crippen LogP contribution in [0.25, 0.3) is 6.08 Å². The molecular weight excluding hydrogens is 489 g/mol. The predicted molar refractivity (Wildman–Crippen MR) is 117 cm³/mol. The van der Waals surface area contributed by atoms with E-state index in [4.69, 9.17) is 23.2 Å². The SMILES string of the molecule is O=C(/C=C/c1ccccc1S(=O)(=O)c1ccc(Cl)c(Cl)c1)NS(=O)(=O)c1cccs1. The molecule has 0 fully saturated rings. The Hall–Kier alpha value is -2.17. The molecule has 0 atom stereocenters. The van der Waals surface area contributed by atoms with Crippen LogP contribution in [0.1, 0.15) is 5.56 Å². The highest BCUT2D eigenvalue weighted by Gasteiger charge is 2.22. The molecule has 11 heteroatoms. The minimum absolute atomic E-state index is 0.00755. The fourth-order valence-corrected chi connectivity index (χ4v) is 6.21. The maximum absolute atomic E-state index is 13.0. The van der Waals surface area contributed by atoms with E-state index in [2.05, 4.69) is 0 Å². The Balaban J connectivity index is 1.90. The molecule has 1 amide bonds. The Kier molecular flexibility index (Phi) is 6.68. The Labute approximate surface area is 187 Å². The number of benzene rings is 2. The van der Waals surface area contributed by atoms with Crippen LogP contribution in [-0.4, -0.2) is 22.7 Å². The highest BCUT2D eigenvalue weighted by Crippen LogP contribution is 2.30. The lowest BCUT2D eigenvalue weighted by molar-refractivity contribution is -0.114. The summed E-state index contributed by atoms with van der Waals surface area (Å²) in [6.45, 7) is 0. The van der Waals surface area contributed by atoms with E-state index in [1.807, 2.05) is 4.72 Å². The molecule has 2 aromatic carbocycles. The number of carbonyl (C=O) groups excluding carboxylic acids is 1. The molecule has 0 radical (unpaired) electrons. The van der Waals surface area contributed by atoms with Gasteiger partial charge in [-0.3, -0.25) is 4.79 Å². The summed E-state index contributed by atoms with van der Waals surface area (Å²) in [6.07, 6.45) is 2.18. The number of amides is 1. The molecular formula is C19H13Cl2NO5S3. The molecule has 6 nitrogen and oxygen atoms in total. The number of thiophene rings is 1. The smallest absolute Gasteiger partial charge is 0.269 e. The van der Waals surface area contributed by atoms with Crippen molar-refractivity contribution in [1.82, 2.24) is 4.72 Å². The van der Waals surface area contributed by atoms with Gasteiger partial charge in [-0.05, 0) is 47.4 Å². The number of carbonyl (C=O) groups is 1. The lowest BCUT2D eigenvalue weighted by Crippen LogP contribution is -2.28. The molecule has 0 aliphatic heterocycles. The molecule has 0 unspecified atom stereocenters. The molecule has 1 aromatic heterocycles. The summed E-state index contributed by atoms with van der Waals surface area (Å²) in [7, 11) is -7.96. The lowest BCUT2D eigenvalue weighted by atomic mass is 10.2. The molecule has 1 N–H and O–H groups in total. The van der Waals surface area contributed by atoms with Crippen LogP contribution in [0, 0.1) is 0 Å². The van der Waals surface area contributed by atoms with Gasteiger partial charge in [-0.1, -0.05) is 47.5 Å². The van der Waals surface area contributed by atoms with Gasteiger partial charge in [0.05, 0.1) is 19.8 Å². The summed E-state index contributed by atoms with van der Waals surface area (Å²) < 4.78 is 52.2. The maximum atomic E-state index is 13.0. The standard InChI is InChI=1S/C19H13Cl2NO5S3/c20-15-9-8-14(12-16(15)21)29(24,25)17-5-2-1-4-13(17)7-10-18(23)22-30(26,27)19-6-3-11-28-19/h1-12H,(H,22,23)/b10-7+. The third-order valence-electron chi connectivity index (χ3n) is 3.82. The van der Waals surface area contributed by atoms with E-state index >= 15 is 0 Å². The van der Waals surface area contributed by atoms with E-state index < -0.39 is 25.8 Å². The topological polar surface area (TPSA) is 97.4 Å². The molecule has 0 saturated heterocycles. The van der Waals surface area contributed by atoms with Crippen LogP contribution in [0.4, 0.5) is 0 Å². The Morgan fingerprint density at radius 3 is 2.33 bits per heavy atom. The predicted octanol–water partition coefficient (Wildman–Crippen LogP) is 4.41. The van der Waals surface area contributed by atoms with Gasteiger partial charge < -0.3 is 0 Å². The quantitative estimate of drug-likeness (QED) is 0.504. The van der Waals surface area contributed by atoms with Gasteiger partial charge in [0, 0.05) is 6.08 Å². The van der Waals surface area contributed by atoms with E-state index in [1.165, 1.54) is 48.5 Å². The molecule has 3 rings (SSSR count). The number of sulfonamides is 1. The minimum atomic E-state index is -3.99. The normalized spacial score (nSPS) is 12.2. The Morgan fingerprint density at radius 2 is 1.67 bits per heavy atom. The van der Waals surface area contributed by atoms with Crippen LogP contribution in [0.2, 0.25) is 10.0 Å². The van der Waals surface area contributed by atoms with Gasteiger partial charge in [-0.25, -0.2) is 21.6 Å². The van der Waals surface area contributed by atoms with Gasteiger partial charge in [0.2, 0.25) is 9.84 Å². The molecule has 0 aliphatic rings. The first-order valence-corrected chi connectivity index (χ1v) is 12.8. The van der Waals surface area contributed by atoms with Crippen molar-refractivity contribution in [3.8, 4) is 0 Å². The highest BCUT2D eigenvalue weighted by atomic mass is 35.5. The first-order chi connectivity index (χ1) is 14.1. The minimum Gasteiger partial charge on any atom is -0.269 e. The van der Waals surface area contributed by atoms with E-state index in [0.717, 1.165) is 17.4 Å². The van der Waals surface area contributed by atoms with E-state index in [0.29, 0.717) is 0 Å². The van der Waals surface area contributed by atoms with Gasteiger partial charge in [-0.15, -0.1) is 11.3 Å². The zero-order valence-corrected chi connectivity index (χ0v) is 18.9. The number of hydrogen-bond acceptors (Lipinski definition) is 6. The third-order valence-corrected chi connectivity index (χ3v) is 9.13. The zero-order valence-electron chi connectivity index (χ0n) is 15.0. The van der Waals surface area contributed by atoms with E-state index in [1.54, 1.807) is 17.5 Å². The molecule has 3 aromatic rings. The second-order valence-electron chi connectivity index (χ2n) is 5.85. The molecule has 0 saturated carbocycles. The van der Waals surface area contributed by atoms with Crippen molar-refractivity contribution in [2.45, 2.75) is 14.0 Å². The van der Waals surface area contributed by atoms with Gasteiger partial charge in [-0.2, -0.15) is 0 Å². The summed E-state index contributed by atoms with van der Waals surface area (Å²) >= 11 is 12.8. The molecule has 30 heavy (non-hydrogen) atoms. The molecule has 1 heterocycles. The number of sulfone groups is 1. The van der Waals surface area contributed by atoms with Crippen molar-refractivity contribution in [2.24, 2.45) is 0 Å². The Bertz CT molecular complexity index is 1330. The van der Waals surface area contributed by atoms with Gasteiger partial charge in [0.25, 0.3) is 15.9 Å². The highest BCUT2D eigenvalue weighted by molar-refractivity contribution is 7.92. The summed E-state index contributed by atoms with van der Waals surface area (Å²) in [6, 6.07) is 12.8. The lowest BCUT2D eigenvalue weighted by Gasteiger charge is -2.09. The van der Waals surface area contributed by atoms with Gasteiger partial charge >= 0.3 is 0 Å². The second kappa shape index (κ2) is 8.91. The fraction of sp³-hybridized carbons (Fsp3) is 0. The monoisotopic (exact) mass is 501 g/mol. The van der Waals surface area contributed by atoms with E-state index in [9.17, 15) is 21.6 Å². The summed E-state index contributed by atoms with van der Waals surface area (Å²) in [4.78, 5) is 11.9. The zero-order chi connectivity index (χ0) is 21.9. The third kappa shape index (κ3) is 4.93. The van der Waals surface area contributed by atoms with Crippen molar-refractivity contribution in [3.63, 3.8) is 0 Å². The Morgan fingerprint density at radius 1 is 0.933 bits per heavy atom. The molecule has 0 spiro atoms.